The Kier molecular flexibility index (Phi) is 5.68. The van der Waals surface area contributed by atoms with E-state index in [-0.39, 0.29) is 18.3 Å². The summed E-state index contributed by atoms with van der Waals surface area (Å²) in [6.07, 6.45) is 0.115. The number of carbonyl (C=O) groups is 2. The lowest BCUT2D eigenvalue weighted by atomic mass is 10.2. The van der Waals surface area contributed by atoms with Crippen LogP contribution in [0.3, 0.4) is 0 Å². The van der Waals surface area contributed by atoms with Crippen LogP contribution in [-0.2, 0) is 16.0 Å². The standard InChI is InChI=1S/C14H13IN2O3S/c1-2-20-12(18)7-11-8-21-14(16-11)17-13(19)9-3-5-10(15)6-4-9/h3-6,8H,2,7H2,1H3,(H,16,17,19). The molecule has 110 valence electrons. The number of benzene rings is 1. The van der Waals surface area contributed by atoms with Crippen molar-refractivity contribution in [1.29, 1.82) is 0 Å². The smallest absolute Gasteiger partial charge is 0.311 e. The van der Waals surface area contributed by atoms with E-state index >= 15 is 0 Å². The van der Waals surface area contributed by atoms with E-state index in [0.717, 1.165) is 3.57 Å². The number of nitrogens with one attached hydrogen (secondary N) is 1. The monoisotopic (exact) mass is 416 g/mol. The summed E-state index contributed by atoms with van der Waals surface area (Å²) in [7, 11) is 0. The zero-order chi connectivity index (χ0) is 15.2. The number of aromatic nitrogens is 1. The predicted octanol–water partition coefficient (Wildman–Crippen LogP) is 3.11. The van der Waals surface area contributed by atoms with E-state index in [2.05, 4.69) is 32.9 Å². The molecule has 0 unspecified atom stereocenters. The molecule has 1 aromatic carbocycles. The van der Waals surface area contributed by atoms with Crippen molar-refractivity contribution in [3.63, 3.8) is 0 Å². The number of amides is 1. The number of nitrogens with zero attached hydrogens (tertiary/aromatic N) is 1. The molecule has 0 aliphatic carbocycles. The largest absolute Gasteiger partial charge is 0.466 e. The molecule has 7 heteroatoms. The van der Waals surface area contributed by atoms with Gasteiger partial charge in [0.25, 0.3) is 5.91 Å². The van der Waals surface area contributed by atoms with E-state index in [1.807, 2.05) is 12.1 Å². The maximum Gasteiger partial charge on any atom is 0.311 e. The summed E-state index contributed by atoms with van der Waals surface area (Å²) in [6, 6.07) is 7.24. The Labute approximate surface area is 139 Å². The Morgan fingerprint density at radius 1 is 1.33 bits per heavy atom. The molecule has 21 heavy (non-hydrogen) atoms. The fourth-order valence-corrected chi connectivity index (χ4v) is 2.64. The molecule has 5 nitrogen and oxygen atoms in total. The number of hydrogen-bond donors (Lipinski definition) is 1. The van der Waals surface area contributed by atoms with Gasteiger partial charge >= 0.3 is 5.97 Å². The molecule has 1 aromatic heterocycles. The lowest BCUT2D eigenvalue weighted by Crippen LogP contribution is -2.12. The van der Waals surface area contributed by atoms with Crippen molar-refractivity contribution in [1.82, 2.24) is 4.98 Å². The molecule has 0 radical (unpaired) electrons. The second kappa shape index (κ2) is 7.51. The highest BCUT2D eigenvalue weighted by Crippen LogP contribution is 2.17. The lowest BCUT2D eigenvalue weighted by Gasteiger charge is -2.01. The van der Waals surface area contributed by atoms with Gasteiger partial charge in [-0.3, -0.25) is 14.9 Å². The number of carbonyl (C=O) groups excluding carboxylic acids is 2. The molecule has 0 aliphatic heterocycles. The van der Waals surface area contributed by atoms with E-state index in [0.29, 0.717) is 23.0 Å². The van der Waals surface area contributed by atoms with Crippen molar-refractivity contribution in [3.8, 4) is 0 Å². The molecule has 0 spiro atoms. The van der Waals surface area contributed by atoms with Crippen LogP contribution in [0.2, 0.25) is 0 Å². The number of rotatable bonds is 5. The van der Waals surface area contributed by atoms with Crippen LogP contribution in [0.4, 0.5) is 5.13 Å². The van der Waals surface area contributed by atoms with Crippen LogP contribution in [0.1, 0.15) is 23.0 Å². The molecule has 0 bridgehead atoms. The van der Waals surface area contributed by atoms with Gasteiger partial charge in [0.05, 0.1) is 18.7 Å². The quantitative estimate of drug-likeness (QED) is 0.601. The fourth-order valence-electron chi connectivity index (χ4n) is 1.58. The highest BCUT2D eigenvalue weighted by Gasteiger charge is 2.11. The van der Waals surface area contributed by atoms with Crippen LogP contribution >= 0.6 is 33.9 Å². The molecule has 1 N–H and O–H groups in total. The Morgan fingerprint density at radius 2 is 2.05 bits per heavy atom. The molecule has 2 rings (SSSR count). The summed E-state index contributed by atoms with van der Waals surface area (Å²) in [5.74, 6) is -0.540. The Balaban J connectivity index is 1.97. The van der Waals surface area contributed by atoms with Gasteiger partial charge in [-0.25, -0.2) is 4.98 Å². The third kappa shape index (κ3) is 4.78. The molecule has 1 heterocycles. The van der Waals surface area contributed by atoms with Gasteiger partial charge in [-0.1, -0.05) is 0 Å². The van der Waals surface area contributed by atoms with Gasteiger partial charge in [-0.2, -0.15) is 0 Å². The summed E-state index contributed by atoms with van der Waals surface area (Å²) >= 11 is 3.46. The van der Waals surface area contributed by atoms with E-state index in [9.17, 15) is 9.59 Å². The van der Waals surface area contributed by atoms with Crippen LogP contribution in [0.15, 0.2) is 29.6 Å². The summed E-state index contributed by atoms with van der Waals surface area (Å²) in [5, 5.41) is 4.92. The number of anilines is 1. The molecular formula is C14H13IN2O3S. The number of halogens is 1. The average Bonchev–Trinajstić information content (AvgIpc) is 2.86. The Bertz CT molecular complexity index is 640. The molecule has 0 saturated heterocycles. The number of esters is 1. The molecule has 0 fully saturated rings. The number of thiazole rings is 1. The van der Waals surface area contributed by atoms with E-state index in [4.69, 9.17) is 4.74 Å². The van der Waals surface area contributed by atoms with E-state index in [1.54, 1.807) is 24.4 Å². The molecule has 0 atom stereocenters. The van der Waals surface area contributed by atoms with Crippen molar-refractivity contribution in [2.24, 2.45) is 0 Å². The minimum Gasteiger partial charge on any atom is -0.466 e. The van der Waals surface area contributed by atoms with Gasteiger partial charge in [-0.05, 0) is 53.8 Å². The summed E-state index contributed by atoms with van der Waals surface area (Å²) in [4.78, 5) is 27.6. The Morgan fingerprint density at radius 3 is 2.71 bits per heavy atom. The molecular weight excluding hydrogens is 403 g/mol. The molecule has 1 amide bonds. The van der Waals surface area contributed by atoms with E-state index in [1.165, 1.54) is 11.3 Å². The first-order valence-electron chi connectivity index (χ1n) is 6.25. The zero-order valence-corrected chi connectivity index (χ0v) is 14.2. The van der Waals surface area contributed by atoms with Gasteiger partial charge in [0, 0.05) is 14.5 Å². The second-order valence-corrected chi connectivity index (χ2v) is 6.19. The van der Waals surface area contributed by atoms with Crippen molar-refractivity contribution in [3.05, 3.63) is 44.5 Å². The van der Waals surface area contributed by atoms with Crippen LogP contribution in [0.25, 0.3) is 0 Å². The SMILES string of the molecule is CCOC(=O)Cc1csc(NC(=O)c2ccc(I)cc2)n1. The van der Waals surface area contributed by atoms with Crippen LogP contribution in [0, 0.1) is 3.57 Å². The summed E-state index contributed by atoms with van der Waals surface area (Å²) in [6.45, 7) is 2.10. The number of hydrogen-bond acceptors (Lipinski definition) is 5. The normalized spacial score (nSPS) is 10.2. The third-order valence-corrected chi connectivity index (χ3v) is 4.04. The first-order chi connectivity index (χ1) is 10.1. The maximum absolute atomic E-state index is 12.0. The average molecular weight is 416 g/mol. The third-order valence-electron chi connectivity index (χ3n) is 2.51. The summed E-state index contributed by atoms with van der Waals surface area (Å²) < 4.78 is 5.92. The van der Waals surface area contributed by atoms with Crippen molar-refractivity contribution < 1.29 is 14.3 Å². The van der Waals surface area contributed by atoms with Crippen molar-refractivity contribution in [2.75, 3.05) is 11.9 Å². The van der Waals surface area contributed by atoms with Gasteiger partial charge in [0.1, 0.15) is 0 Å². The van der Waals surface area contributed by atoms with Gasteiger partial charge < -0.3 is 4.74 Å². The second-order valence-electron chi connectivity index (χ2n) is 4.09. The first-order valence-corrected chi connectivity index (χ1v) is 8.21. The van der Waals surface area contributed by atoms with Crippen molar-refractivity contribution in [2.45, 2.75) is 13.3 Å². The zero-order valence-electron chi connectivity index (χ0n) is 11.3. The Hall–Kier alpha value is -1.48. The minimum absolute atomic E-state index is 0.115. The van der Waals surface area contributed by atoms with Crippen molar-refractivity contribution >= 4 is 50.9 Å². The highest BCUT2D eigenvalue weighted by molar-refractivity contribution is 14.1. The van der Waals surface area contributed by atoms with Gasteiger partial charge in [0.15, 0.2) is 5.13 Å². The van der Waals surface area contributed by atoms with E-state index < -0.39 is 0 Å². The predicted molar refractivity (Wildman–Crippen MR) is 89.6 cm³/mol. The van der Waals surface area contributed by atoms with Gasteiger partial charge in [-0.15, -0.1) is 11.3 Å². The topological polar surface area (TPSA) is 68.3 Å². The molecule has 0 aliphatic rings. The maximum atomic E-state index is 12.0. The molecule has 0 saturated carbocycles. The van der Waals surface area contributed by atoms with Crippen LogP contribution < -0.4 is 5.32 Å². The van der Waals surface area contributed by atoms with Gasteiger partial charge in [0.2, 0.25) is 0 Å². The fraction of sp³-hybridized carbons (Fsp3) is 0.214. The first kappa shape index (κ1) is 15.9. The van der Waals surface area contributed by atoms with Crippen LogP contribution in [0.5, 0.6) is 0 Å². The van der Waals surface area contributed by atoms with Crippen LogP contribution in [-0.4, -0.2) is 23.5 Å². The summed E-state index contributed by atoms with van der Waals surface area (Å²) in [5.41, 5.74) is 1.16. The highest BCUT2D eigenvalue weighted by atomic mass is 127. The number of ether oxygens (including phenoxy) is 1. The molecule has 2 aromatic rings. The lowest BCUT2D eigenvalue weighted by molar-refractivity contribution is -0.142. The minimum atomic E-state index is -0.321.